The number of thioether (sulfide) groups is 1. The van der Waals surface area contributed by atoms with Gasteiger partial charge in [-0.15, -0.1) is 0 Å². The number of hydrogen-bond acceptors (Lipinski definition) is 3. The first-order chi connectivity index (χ1) is 10.5. The fourth-order valence-electron chi connectivity index (χ4n) is 2.03. The van der Waals surface area contributed by atoms with Gasteiger partial charge in [0.15, 0.2) is 5.16 Å². The molecule has 1 aromatic carbocycles. The monoisotopic (exact) mass is 330 g/mol. The van der Waals surface area contributed by atoms with Crippen LogP contribution in [0.1, 0.15) is 30.2 Å². The van der Waals surface area contributed by atoms with Crippen LogP contribution in [-0.2, 0) is 25.1 Å². The molecule has 0 bridgehead atoms. The number of aliphatic hydroxyl groups is 1. The molecular weight excluding hydrogens is 313 g/mol. The SMILES string of the molecule is CCCn1c(CO)cnc1SCc1ccc(C(F)(F)F)cc1. The second kappa shape index (κ2) is 7.19. The molecule has 3 nitrogen and oxygen atoms in total. The van der Waals surface area contributed by atoms with Crippen LogP contribution in [0.15, 0.2) is 35.6 Å². The third kappa shape index (κ3) is 4.04. The largest absolute Gasteiger partial charge is 0.416 e. The van der Waals surface area contributed by atoms with Gasteiger partial charge in [-0.1, -0.05) is 30.8 Å². The Bertz CT molecular complexity index is 608. The summed E-state index contributed by atoms with van der Waals surface area (Å²) in [6, 6.07) is 5.15. The summed E-state index contributed by atoms with van der Waals surface area (Å²) in [5.74, 6) is 0.531. The lowest BCUT2D eigenvalue weighted by Gasteiger charge is -2.10. The Labute approximate surface area is 131 Å². The number of halogens is 3. The average Bonchev–Trinajstić information content (AvgIpc) is 2.87. The maximum atomic E-state index is 12.5. The quantitative estimate of drug-likeness (QED) is 0.811. The first-order valence-corrected chi connectivity index (χ1v) is 7.88. The van der Waals surface area contributed by atoms with Crippen LogP contribution in [0, 0.1) is 0 Å². The number of alkyl halides is 3. The highest BCUT2D eigenvalue weighted by atomic mass is 32.2. The van der Waals surface area contributed by atoms with Crippen LogP contribution in [0.4, 0.5) is 13.2 Å². The Morgan fingerprint density at radius 2 is 1.91 bits per heavy atom. The van der Waals surface area contributed by atoms with E-state index < -0.39 is 11.7 Å². The smallest absolute Gasteiger partial charge is 0.390 e. The van der Waals surface area contributed by atoms with Gasteiger partial charge < -0.3 is 9.67 Å². The van der Waals surface area contributed by atoms with E-state index in [1.165, 1.54) is 23.9 Å². The average molecular weight is 330 g/mol. The van der Waals surface area contributed by atoms with Crippen LogP contribution in [0.2, 0.25) is 0 Å². The lowest BCUT2D eigenvalue weighted by Crippen LogP contribution is -2.05. The Morgan fingerprint density at radius 1 is 1.23 bits per heavy atom. The molecule has 0 spiro atoms. The van der Waals surface area contributed by atoms with Crippen molar-refractivity contribution in [3.63, 3.8) is 0 Å². The second-order valence-electron chi connectivity index (χ2n) is 4.83. The van der Waals surface area contributed by atoms with Gasteiger partial charge in [-0.25, -0.2) is 4.98 Å². The first kappa shape index (κ1) is 16.9. The maximum Gasteiger partial charge on any atom is 0.416 e. The minimum atomic E-state index is -4.31. The molecule has 22 heavy (non-hydrogen) atoms. The van der Waals surface area contributed by atoms with Crippen LogP contribution < -0.4 is 0 Å². The normalized spacial score (nSPS) is 11.9. The summed E-state index contributed by atoms with van der Waals surface area (Å²) in [4.78, 5) is 4.26. The number of aliphatic hydroxyl groups excluding tert-OH is 1. The standard InChI is InChI=1S/C15H17F3N2OS/c1-2-7-20-13(9-21)8-19-14(20)22-10-11-3-5-12(6-4-11)15(16,17)18/h3-6,8,21H,2,7,9-10H2,1H3. The Kier molecular flexibility index (Phi) is 5.52. The highest BCUT2D eigenvalue weighted by molar-refractivity contribution is 7.98. The van der Waals surface area contributed by atoms with Crippen LogP contribution in [0.3, 0.4) is 0 Å². The van der Waals surface area contributed by atoms with Crippen LogP contribution >= 0.6 is 11.8 Å². The van der Waals surface area contributed by atoms with Crippen molar-refractivity contribution in [2.24, 2.45) is 0 Å². The molecule has 0 aliphatic heterocycles. The van der Waals surface area contributed by atoms with Crippen molar-refractivity contribution in [1.82, 2.24) is 9.55 Å². The summed E-state index contributed by atoms with van der Waals surface area (Å²) in [6.07, 6.45) is -1.76. The minimum absolute atomic E-state index is 0.0756. The third-order valence-corrected chi connectivity index (χ3v) is 4.22. The van der Waals surface area contributed by atoms with E-state index in [1.807, 2.05) is 11.5 Å². The van der Waals surface area contributed by atoms with E-state index in [0.29, 0.717) is 5.75 Å². The van der Waals surface area contributed by atoms with Gasteiger partial charge >= 0.3 is 6.18 Å². The molecule has 2 rings (SSSR count). The van der Waals surface area contributed by atoms with Gasteiger partial charge in [0.1, 0.15) is 0 Å². The fourth-order valence-corrected chi connectivity index (χ4v) is 3.01. The van der Waals surface area contributed by atoms with E-state index in [9.17, 15) is 18.3 Å². The van der Waals surface area contributed by atoms with Crippen LogP contribution in [-0.4, -0.2) is 14.7 Å². The molecule has 1 N–H and O–H groups in total. The number of rotatable bonds is 6. The minimum Gasteiger partial charge on any atom is -0.390 e. The van der Waals surface area contributed by atoms with Gasteiger partial charge in [0.05, 0.1) is 24.1 Å². The highest BCUT2D eigenvalue weighted by Crippen LogP contribution is 2.30. The molecule has 0 fully saturated rings. The number of hydrogen-bond donors (Lipinski definition) is 1. The van der Waals surface area contributed by atoms with Crippen molar-refractivity contribution in [1.29, 1.82) is 0 Å². The molecule has 1 heterocycles. The van der Waals surface area contributed by atoms with Crippen molar-refractivity contribution >= 4 is 11.8 Å². The summed E-state index contributed by atoms with van der Waals surface area (Å²) < 4.78 is 39.5. The molecular formula is C15H17F3N2OS. The molecule has 0 radical (unpaired) electrons. The van der Waals surface area contributed by atoms with Crippen LogP contribution in [0.5, 0.6) is 0 Å². The van der Waals surface area contributed by atoms with Crippen molar-refractivity contribution < 1.29 is 18.3 Å². The van der Waals surface area contributed by atoms with Crippen molar-refractivity contribution in [3.8, 4) is 0 Å². The van der Waals surface area contributed by atoms with E-state index in [4.69, 9.17) is 0 Å². The van der Waals surface area contributed by atoms with Gasteiger partial charge in [-0.2, -0.15) is 13.2 Å². The molecule has 0 saturated carbocycles. The van der Waals surface area contributed by atoms with Gasteiger partial charge in [-0.3, -0.25) is 0 Å². The maximum absolute atomic E-state index is 12.5. The zero-order valence-electron chi connectivity index (χ0n) is 12.1. The Balaban J connectivity index is 2.05. The van der Waals surface area contributed by atoms with Crippen molar-refractivity contribution in [2.75, 3.05) is 0 Å². The molecule has 2 aromatic rings. The molecule has 0 amide bonds. The second-order valence-corrected chi connectivity index (χ2v) is 5.77. The fraction of sp³-hybridized carbons (Fsp3) is 0.400. The number of nitrogens with zero attached hydrogens (tertiary/aromatic N) is 2. The van der Waals surface area contributed by atoms with Gasteiger partial charge in [-0.05, 0) is 24.1 Å². The first-order valence-electron chi connectivity index (χ1n) is 6.90. The Hall–Kier alpha value is -1.47. The third-order valence-electron chi connectivity index (χ3n) is 3.16. The lowest BCUT2D eigenvalue weighted by molar-refractivity contribution is -0.137. The summed E-state index contributed by atoms with van der Waals surface area (Å²) in [5.41, 5.74) is 0.905. The number of aromatic nitrogens is 2. The zero-order valence-corrected chi connectivity index (χ0v) is 12.9. The predicted octanol–water partition coefficient (Wildman–Crippen LogP) is 4.10. The molecule has 0 aliphatic rings. The summed E-state index contributed by atoms with van der Waals surface area (Å²) in [7, 11) is 0. The molecule has 0 atom stereocenters. The van der Waals surface area contributed by atoms with E-state index in [2.05, 4.69) is 4.98 Å². The van der Waals surface area contributed by atoms with Crippen LogP contribution in [0.25, 0.3) is 0 Å². The summed E-state index contributed by atoms with van der Waals surface area (Å²) in [6.45, 7) is 2.71. The van der Waals surface area contributed by atoms with Crippen molar-refractivity contribution in [2.45, 2.75) is 43.6 Å². The van der Waals surface area contributed by atoms with Gasteiger partial charge in [0.2, 0.25) is 0 Å². The number of imidazole rings is 1. The van der Waals surface area contributed by atoms with Crippen molar-refractivity contribution in [3.05, 3.63) is 47.3 Å². The number of benzene rings is 1. The molecule has 0 aliphatic carbocycles. The van der Waals surface area contributed by atoms with E-state index in [-0.39, 0.29) is 6.61 Å². The lowest BCUT2D eigenvalue weighted by atomic mass is 10.1. The zero-order chi connectivity index (χ0) is 16.2. The highest BCUT2D eigenvalue weighted by Gasteiger charge is 2.29. The topological polar surface area (TPSA) is 38.0 Å². The molecule has 120 valence electrons. The Morgan fingerprint density at radius 3 is 2.45 bits per heavy atom. The predicted molar refractivity (Wildman–Crippen MR) is 79.4 cm³/mol. The van der Waals surface area contributed by atoms with E-state index >= 15 is 0 Å². The molecule has 0 saturated heterocycles. The van der Waals surface area contributed by atoms with Gasteiger partial charge in [0.25, 0.3) is 0 Å². The molecule has 0 unspecified atom stereocenters. The molecule has 1 aromatic heterocycles. The summed E-state index contributed by atoms with van der Waals surface area (Å²) in [5, 5.41) is 10.0. The molecule has 7 heteroatoms. The van der Waals surface area contributed by atoms with E-state index in [1.54, 1.807) is 6.20 Å². The van der Waals surface area contributed by atoms with E-state index in [0.717, 1.165) is 41.5 Å². The van der Waals surface area contributed by atoms with Gasteiger partial charge in [0, 0.05) is 12.3 Å². The summed E-state index contributed by atoms with van der Waals surface area (Å²) >= 11 is 1.45.